The third-order valence-corrected chi connectivity index (χ3v) is 4.19. The number of hydrogen-bond acceptors (Lipinski definition) is 4. The van der Waals surface area contributed by atoms with Gasteiger partial charge in [-0.25, -0.2) is 0 Å². The molecule has 1 heterocycles. The van der Waals surface area contributed by atoms with Gasteiger partial charge in [-0.05, 0) is 55.3 Å². The zero-order valence-electron chi connectivity index (χ0n) is 15.7. The Morgan fingerprint density at radius 3 is 2.42 bits per heavy atom. The van der Waals surface area contributed by atoms with Gasteiger partial charge in [-0.3, -0.25) is 9.98 Å². The van der Waals surface area contributed by atoms with Gasteiger partial charge in [-0.1, -0.05) is 18.2 Å². The minimum atomic E-state index is 0.927. The first-order chi connectivity index (χ1) is 12.5. The van der Waals surface area contributed by atoms with Gasteiger partial charge in [-0.15, -0.1) is 0 Å². The predicted octanol–water partition coefficient (Wildman–Crippen LogP) is 5.40. The number of nitrogens with zero attached hydrogens (tertiary/aromatic N) is 4. The third kappa shape index (κ3) is 4.09. The molecule has 3 rings (SSSR count). The average molecular weight is 344 g/mol. The van der Waals surface area contributed by atoms with E-state index in [4.69, 9.17) is 4.99 Å². The first-order valence-corrected chi connectivity index (χ1v) is 8.63. The number of aryl methyl sites for hydroxylation is 1. The van der Waals surface area contributed by atoms with E-state index >= 15 is 0 Å². The van der Waals surface area contributed by atoms with Crippen molar-refractivity contribution >= 4 is 35.2 Å². The summed E-state index contributed by atoms with van der Waals surface area (Å²) < 4.78 is 0. The molecule has 0 saturated carbocycles. The zero-order chi connectivity index (χ0) is 18.5. The van der Waals surface area contributed by atoms with Crippen molar-refractivity contribution in [2.75, 3.05) is 23.9 Å². The van der Waals surface area contributed by atoms with Gasteiger partial charge >= 0.3 is 0 Å². The van der Waals surface area contributed by atoms with Crippen molar-refractivity contribution in [3.05, 3.63) is 72.1 Å². The Bertz CT molecular complexity index is 906. The molecular weight excluding hydrogens is 320 g/mol. The summed E-state index contributed by atoms with van der Waals surface area (Å²) in [5.74, 6) is 0. The summed E-state index contributed by atoms with van der Waals surface area (Å²) in [6, 6.07) is 14.4. The van der Waals surface area contributed by atoms with E-state index in [-0.39, 0.29) is 0 Å². The van der Waals surface area contributed by atoms with Crippen LogP contribution in [0.25, 0.3) is 0 Å². The summed E-state index contributed by atoms with van der Waals surface area (Å²) in [4.78, 5) is 13.5. The smallest absolute Gasteiger partial charge is 0.0866 e. The van der Waals surface area contributed by atoms with Crippen molar-refractivity contribution in [3.63, 3.8) is 0 Å². The van der Waals surface area contributed by atoms with Crippen molar-refractivity contribution in [2.45, 2.75) is 13.8 Å². The Kier molecular flexibility index (Phi) is 5.32. The van der Waals surface area contributed by atoms with Crippen molar-refractivity contribution in [1.29, 1.82) is 0 Å². The fourth-order valence-electron chi connectivity index (χ4n) is 2.85. The van der Waals surface area contributed by atoms with Gasteiger partial charge < -0.3 is 9.80 Å². The van der Waals surface area contributed by atoms with Gasteiger partial charge in [0.1, 0.15) is 0 Å². The molecule has 0 aliphatic carbocycles. The standard InChI is InChI=1S/C22H24N4/c1-17-10-11-20-22(14-17)25(3)13-7-12-23-19-8-5-6-9-21(19)26(4)16-18(2)15-24-20/h5-16H,1-4H3. The minimum Gasteiger partial charge on any atom is -0.349 e. The monoisotopic (exact) mass is 344 g/mol. The first-order valence-electron chi connectivity index (χ1n) is 8.63. The molecule has 0 aromatic heterocycles. The number of rotatable bonds is 0. The number of para-hydroxylation sites is 2. The number of anilines is 2. The first kappa shape index (κ1) is 17.7. The van der Waals surface area contributed by atoms with Crippen LogP contribution in [0.1, 0.15) is 12.5 Å². The summed E-state index contributed by atoms with van der Waals surface area (Å²) in [5, 5.41) is 0. The fourth-order valence-corrected chi connectivity index (χ4v) is 2.85. The van der Waals surface area contributed by atoms with Gasteiger partial charge in [0.25, 0.3) is 0 Å². The Hall–Kier alpha value is -3.14. The van der Waals surface area contributed by atoms with Crippen LogP contribution in [0.15, 0.2) is 76.5 Å². The van der Waals surface area contributed by atoms with Crippen LogP contribution >= 0.6 is 0 Å². The van der Waals surface area contributed by atoms with Gasteiger partial charge in [0.05, 0.1) is 22.7 Å². The van der Waals surface area contributed by atoms with E-state index in [2.05, 4.69) is 59.1 Å². The molecule has 0 unspecified atom stereocenters. The molecular formula is C22H24N4. The van der Waals surface area contributed by atoms with Crippen LogP contribution in [0.3, 0.4) is 0 Å². The second-order valence-electron chi connectivity index (χ2n) is 6.45. The van der Waals surface area contributed by atoms with E-state index in [1.807, 2.05) is 57.0 Å². The number of hydrogen-bond donors (Lipinski definition) is 0. The molecule has 4 heteroatoms. The fraction of sp³-hybridized carbons (Fsp3) is 0.182. The summed E-state index contributed by atoms with van der Waals surface area (Å²) in [7, 11) is 4.05. The van der Waals surface area contributed by atoms with Gasteiger partial charge in [0.15, 0.2) is 0 Å². The van der Waals surface area contributed by atoms with E-state index in [1.165, 1.54) is 5.56 Å². The normalized spacial score (nSPS) is 14.5. The van der Waals surface area contributed by atoms with Crippen LogP contribution in [0.2, 0.25) is 0 Å². The molecule has 0 spiro atoms. The second-order valence-corrected chi connectivity index (χ2v) is 6.45. The molecule has 0 fully saturated rings. The highest BCUT2D eigenvalue weighted by atomic mass is 15.1. The van der Waals surface area contributed by atoms with Gasteiger partial charge in [0, 0.05) is 38.9 Å². The predicted molar refractivity (Wildman–Crippen MR) is 114 cm³/mol. The van der Waals surface area contributed by atoms with E-state index < -0.39 is 0 Å². The lowest BCUT2D eigenvalue weighted by atomic mass is 10.2. The summed E-state index contributed by atoms with van der Waals surface area (Å²) >= 11 is 0. The van der Waals surface area contributed by atoms with Crippen LogP contribution in [0.5, 0.6) is 0 Å². The van der Waals surface area contributed by atoms with Crippen LogP contribution in [-0.4, -0.2) is 26.5 Å². The SMILES string of the molecule is CC1=CN(C)c2ccccc2N=CC=CN(C)c2cc(C)ccc2N=C1. The maximum absolute atomic E-state index is 4.71. The highest BCUT2D eigenvalue weighted by molar-refractivity contribution is 5.85. The maximum atomic E-state index is 4.71. The van der Waals surface area contributed by atoms with Crippen LogP contribution in [-0.2, 0) is 0 Å². The van der Waals surface area contributed by atoms with E-state index in [0.717, 1.165) is 28.3 Å². The molecule has 2 aromatic carbocycles. The Morgan fingerprint density at radius 2 is 1.58 bits per heavy atom. The van der Waals surface area contributed by atoms with Gasteiger partial charge in [-0.2, -0.15) is 0 Å². The van der Waals surface area contributed by atoms with Crippen LogP contribution in [0, 0.1) is 6.92 Å². The molecule has 1 aliphatic rings. The lowest BCUT2D eigenvalue weighted by Gasteiger charge is -2.18. The number of aliphatic imine (C=N–C) groups is 2. The molecule has 2 aromatic rings. The molecule has 0 radical (unpaired) electrons. The van der Waals surface area contributed by atoms with Crippen molar-refractivity contribution < 1.29 is 0 Å². The third-order valence-electron chi connectivity index (χ3n) is 4.19. The Balaban J connectivity index is 2.09. The van der Waals surface area contributed by atoms with E-state index in [0.29, 0.717) is 0 Å². The van der Waals surface area contributed by atoms with Crippen molar-refractivity contribution in [3.8, 4) is 0 Å². The lowest BCUT2D eigenvalue weighted by Crippen LogP contribution is -2.10. The lowest BCUT2D eigenvalue weighted by molar-refractivity contribution is 1.18. The van der Waals surface area contributed by atoms with Crippen molar-refractivity contribution in [1.82, 2.24) is 0 Å². The van der Waals surface area contributed by atoms with Gasteiger partial charge in [0.2, 0.25) is 0 Å². The summed E-state index contributed by atoms with van der Waals surface area (Å²) in [5.41, 5.74) is 6.24. The average Bonchev–Trinajstić information content (AvgIpc) is 2.63. The molecule has 0 N–H and O–H groups in total. The minimum absolute atomic E-state index is 0.927. The Labute approximate surface area is 155 Å². The molecule has 0 bridgehead atoms. The largest absolute Gasteiger partial charge is 0.349 e. The number of fused-ring (bicyclic) bond motifs is 2. The second kappa shape index (κ2) is 7.83. The number of allylic oxidation sites excluding steroid dienone is 2. The van der Waals surface area contributed by atoms with Crippen LogP contribution < -0.4 is 9.80 Å². The topological polar surface area (TPSA) is 31.2 Å². The highest BCUT2D eigenvalue weighted by Gasteiger charge is 2.07. The quantitative estimate of drug-likeness (QED) is 0.640. The number of benzene rings is 2. The highest BCUT2D eigenvalue weighted by Crippen LogP contribution is 2.30. The van der Waals surface area contributed by atoms with Crippen LogP contribution in [0.4, 0.5) is 22.7 Å². The summed E-state index contributed by atoms with van der Waals surface area (Å²) in [6.45, 7) is 4.14. The molecule has 4 nitrogen and oxygen atoms in total. The molecule has 0 atom stereocenters. The zero-order valence-corrected chi connectivity index (χ0v) is 15.7. The molecule has 132 valence electrons. The maximum Gasteiger partial charge on any atom is 0.0866 e. The molecule has 0 saturated heterocycles. The molecule has 0 amide bonds. The molecule has 26 heavy (non-hydrogen) atoms. The Morgan fingerprint density at radius 1 is 0.808 bits per heavy atom. The molecule has 1 aliphatic heterocycles. The van der Waals surface area contributed by atoms with E-state index in [1.54, 1.807) is 0 Å². The van der Waals surface area contributed by atoms with Crippen molar-refractivity contribution in [2.24, 2.45) is 9.98 Å². The summed E-state index contributed by atoms with van der Waals surface area (Å²) in [6.07, 6.45) is 9.73. The van der Waals surface area contributed by atoms with E-state index in [9.17, 15) is 0 Å².